The summed E-state index contributed by atoms with van der Waals surface area (Å²) in [5.74, 6) is -1.73. The van der Waals surface area contributed by atoms with Gasteiger partial charge in [-0.15, -0.1) is 0 Å². The quantitative estimate of drug-likeness (QED) is 0.874. The van der Waals surface area contributed by atoms with Gasteiger partial charge in [-0.25, -0.2) is 4.39 Å². The Labute approximate surface area is 112 Å². The number of carbonyl (C=O) groups is 2. The third-order valence-corrected chi connectivity index (χ3v) is 3.02. The lowest BCUT2D eigenvalue weighted by molar-refractivity contribution is -0.137. The van der Waals surface area contributed by atoms with Crippen LogP contribution < -0.4 is 5.32 Å². The minimum Gasteiger partial charge on any atom is -0.481 e. The molecule has 0 aliphatic heterocycles. The molecule has 0 spiro atoms. The van der Waals surface area contributed by atoms with Gasteiger partial charge >= 0.3 is 5.97 Å². The molecule has 0 radical (unpaired) electrons. The van der Waals surface area contributed by atoms with Crippen molar-refractivity contribution in [3.05, 3.63) is 34.1 Å². The molecule has 0 aliphatic carbocycles. The standard InChI is InChI=1S/C12H13BrFNO3/c1-7(4-12(17)18)15-11(16)6-8-5-9(14)2-3-10(8)13/h2-3,5,7H,4,6H2,1H3,(H,15,16)(H,17,18). The van der Waals surface area contributed by atoms with E-state index >= 15 is 0 Å². The van der Waals surface area contributed by atoms with Crippen molar-refractivity contribution in [2.75, 3.05) is 0 Å². The summed E-state index contributed by atoms with van der Waals surface area (Å²) in [6, 6.07) is 3.63. The van der Waals surface area contributed by atoms with Gasteiger partial charge in [0.05, 0.1) is 12.8 Å². The monoisotopic (exact) mass is 317 g/mol. The number of benzene rings is 1. The zero-order chi connectivity index (χ0) is 13.7. The first-order valence-corrected chi connectivity index (χ1v) is 6.13. The first-order valence-electron chi connectivity index (χ1n) is 5.33. The third-order valence-electron chi connectivity index (χ3n) is 2.25. The normalized spacial score (nSPS) is 11.9. The maximum atomic E-state index is 13.0. The number of nitrogens with one attached hydrogen (secondary N) is 1. The third kappa shape index (κ3) is 4.83. The van der Waals surface area contributed by atoms with Gasteiger partial charge in [-0.1, -0.05) is 15.9 Å². The van der Waals surface area contributed by atoms with Crippen LogP contribution in [0, 0.1) is 5.82 Å². The lowest BCUT2D eigenvalue weighted by atomic mass is 10.1. The number of aliphatic carboxylic acids is 1. The highest BCUT2D eigenvalue weighted by Crippen LogP contribution is 2.18. The average Bonchev–Trinajstić information content (AvgIpc) is 2.21. The number of hydrogen-bond acceptors (Lipinski definition) is 2. The Hall–Kier alpha value is -1.43. The van der Waals surface area contributed by atoms with Gasteiger partial charge < -0.3 is 10.4 Å². The highest BCUT2D eigenvalue weighted by atomic mass is 79.9. The molecule has 0 aliphatic rings. The molecule has 2 N–H and O–H groups in total. The first-order chi connectivity index (χ1) is 8.38. The molecular formula is C12H13BrFNO3. The summed E-state index contributed by atoms with van der Waals surface area (Å²) in [4.78, 5) is 22.1. The SMILES string of the molecule is CC(CC(=O)O)NC(=O)Cc1cc(F)ccc1Br. The lowest BCUT2D eigenvalue weighted by Gasteiger charge is -2.12. The summed E-state index contributed by atoms with van der Waals surface area (Å²) in [7, 11) is 0. The second-order valence-corrected chi connectivity index (χ2v) is 4.83. The van der Waals surface area contributed by atoms with Crippen molar-refractivity contribution in [3.8, 4) is 0 Å². The molecule has 6 heteroatoms. The molecule has 98 valence electrons. The molecule has 1 aromatic carbocycles. The van der Waals surface area contributed by atoms with Crippen molar-refractivity contribution in [1.82, 2.24) is 5.32 Å². The van der Waals surface area contributed by atoms with Crippen LogP contribution in [-0.4, -0.2) is 23.0 Å². The highest BCUT2D eigenvalue weighted by Gasteiger charge is 2.13. The Balaban J connectivity index is 2.59. The van der Waals surface area contributed by atoms with Gasteiger partial charge in [-0.05, 0) is 30.7 Å². The van der Waals surface area contributed by atoms with Crippen LogP contribution in [0.1, 0.15) is 18.9 Å². The number of hydrogen-bond donors (Lipinski definition) is 2. The topological polar surface area (TPSA) is 66.4 Å². The van der Waals surface area contributed by atoms with Crippen LogP contribution in [0.2, 0.25) is 0 Å². The van der Waals surface area contributed by atoms with E-state index in [1.807, 2.05) is 0 Å². The van der Waals surface area contributed by atoms with Crippen molar-refractivity contribution in [2.45, 2.75) is 25.8 Å². The fourth-order valence-corrected chi connectivity index (χ4v) is 1.88. The molecule has 18 heavy (non-hydrogen) atoms. The summed E-state index contributed by atoms with van der Waals surface area (Å²) in [5.41, 5.74) is 0.523. The number of carbonyl (C=O) groups excluding carboxylic acids is 1. The molecule has 1 unspecified atom stereocenters. The van der Waals surface area contributed by atoms with E-state index in [9.17, 15) is 14.0 Å². The van der Waals surface area contributed by atoms with E-state index < -0.39 is 17.8 Å². The van der Waals surface area contributed by atoms with Gasteiger partial charge in [-0.2, -0.15) is 0 Å². The summed E-state index contributed by atoms with van der Waals surface area (Å²) >= 11 is 3.22. The number of rotatable bonds is 5. The maximum absolute atomic E-state index is 13.0. The Morgan fingerprint density at radius 3 is 2.78 bits per heavy atom. The number of amides is 1. The van der Waals surface area contributed by atoms with Crippen LogP contribution >= 0.6 is 15.9 Å². The van der Waals surface area contributed by atoms with E-state index in [0.717, 1.165) is 0 Å². The summed E-state index contributed by atoms with van der Waals surface area (Å²) in [5, 5.41) is 11.1. The van der Waals surface area contributed by atoms with Crippen molar-refractivity contribution in [1.29, 1.82) is 0 Å². The lowest BCUT2D eigenvalue weighted by Crippen LogP contribution is -2.35. The molecular weight excluding hydrogens is 305 g/mol. The van der Waals surface area contributed by atoms with Gasteiger partial charge in [0, 0.05) is 10.5 Å². The van der Waals surface area contributed by atoms with Gasteiger partial charge in [0.1, 0.15) is 5.82 Å². The van der Waals surface area contributed by atoms with E-state index in [4.69, 9.17) is 5.11 Å². The molecule has 0 fully saturated rings. The number of carboxylic acids is 1. The molecule has 0 saturated carbocycles. The second-order valence-electron chi connectivity index (χ2n) is 3.98. The fraction of sp³-hybridized carbons (Fsp3) is 0.333. The van der Waals surface area contributed by atoms with Gasteiger partial charge in [0.15, 0.2) is 0 Å². The Morgan fingerprint density at radius 2 is 2.17 bits per heavy atom. The van der Waals surface area contributed by atoms with Crippen LogP contribution in [0.4, 0.5) is 4.39 Å². The Morgan fingerprint density at radius 1 is 1.50 bits per heavy atom. The Bertz CT molecular complexity index is 465. The van der Waals surface area contributed by atoms with E-state index in [-0.39, 0.29) is 18.7 Å². The predicted molar refractivity (Wildman–Crippen MR) is 67.7 cm³/mol. The van der Waals surface area contributed by atoms with Crippen molar-refractivity contribution < 1.29 is 19.1 Å². The average molecular weight is 318 g/mol. The summed E-state index contributed by atoms with van der Waals surface area (Å²) in [6.45, 7) is 1.60. The molecule has 0 heterocycles. The molecule has 0 aromatic heterocycles. The van der Waals surface area contributed by atoms with E-state index in [1.165, 1.54) is 18.2 Å². The van der Waals surface area contributed by atoms with Crippen molar-refractivity contribution in [2.24, 2.45) is 0 Å². The second kappa shape index (κ2) is 6.49. The van der Waals surface area contributed by atoms with Gasteiger partial charge in [0.2, 0.25) is 5.91 Å². The molecule has 0 bridgehead atoms. The zero-order valence-corrected chi connectivity index (χ0v) is 11.3. The summed E-state index contributed by atoms with van der Waals surface area (Å²) < 4.78 is 13.6. The fourth-order valence-electron chi connectivity index (χ4n) is 1.49. The molecule has 0 saturated heterocycles. The molecule has 1 aromatic rings. The molecule has 4 nitrogen and oxygen atoms in total. The van der Waals surface area contributed by atoms with Crippen LogP contribution in [0.25, 0.3) is 0 Å². The van der Waals surface area contributed by atoms with Gasteiger partial charge in [0.25, 0.3) is 0 Å². The van der Waals surface area contributed by atoms with E-state index in [2.05, 4.69) is 21.2 Å². The van der Waals surface area contributed by atoms with Crippen molar-refractivity contribution >= 4 is 27.8 Å². The summed E-state index contributed by atoms with van der Waals surface area (Å²) in [6.07, 6.45) is -0.141. The number of halogens is 2. The van der Waals surface area contributed by atoms with Crippen LogP contribution in [0.3, 0.4) is 0 Å². The molecule has 1 rings (SSSR count). The van der Waals surface area contributed by atoms with E-state index in [1.54, 1.807) is 6.92 Å². The van der Waals surface area contributed by atoms with Crippen LogP contribution in [0.5, 0.6) is 0 Å². The minimum atomic E-state index is -0.977. The van der Waals surface area contributed by atoms with Crippen LogP contribution in [-0.2, 0) is 16.0 Å². The number of carboxylic acid groups (broad SMARTS) is 1. The molecule has 1 atom stereocenters. The smallest absolute Gasteiger partial charge is 0.305 e. The van der Waals surface area contributed by atoms with Gasteiger partial charge in [-0.3, -0.25) is 9.59 Å². The van der Waals surface area contributed by atoms with Crippen molar-refractivity contribution in [3.63, 3.8) is 0 Å². The first kappa shape index (κ1) is 14.6. The largest absolute Gasteiger partial charge is 0.481 e. The van der Waals surface area contributed by atoms with E-state index in [0.29, 0.717) is 10.0 Å². The Kier molecular flexibility index (Phi) is 5.27. The minimum absolute atomic E-state index is 0.00228. The predicted octanol–water partition coefficient (Wildman–Crippen LogP) is 2.11. The maximum Gasteiger partial charge on any atom is 0.305 e. The highest BCUT2D eigenvalue weighted by molar-refractivity contribution is 9.10. The van der Waals surface area contributed by atoms with Crippen LogP contribution in [0.15, 0.2) is 22.7 Å². The zero-order valence-electron chi connectivity index (χ0n) is 9.74. The molecule has 1 amide bonds.